The monoisotopic (exact) mass is 414 g/mol. The summed E-state index contributed by atoms with van der Waals surface area (Å²) in [6.45, 7) is 0.365. The van der Waals surface area contributed by atoms with Crippen LogP contribution in [0.1, 0.15) is 52.6 Å². The standard InChI is InChI=1S/C24H18N2O5/c27-21(25-13-15-6-8-17(9-7-15)24(30)31)18-10-11-19-20(12-18)23(29)26(22(19)28)14-16-4-2-1-3-5-16/h1-12H,13-14H2,(H,25,27)(H,30,31). The van der Waals surface area contributed by atoms with Crippen molar-refractivity contribution in [3.05, 3.63) is 106 Å². The minimum Gasteiger partial charge on any atom is -0.478 e. The maximum absolute atomic E-state index is 12.8. The molecule has 4 rings (SSSR count). The summed E-state index contributed by atoms with van der Waals surface area (Å²) >= 11 is 0. The van der Waals surface area contributed by atoms with Gasteiger partial charge in [0.05, 0.1) is 23.2 Å². The number of fused-ring (bicyclic) bond motifs is 1. The van der Waals surface area contributed by atoms with E-state index in [1.54, 1.807) is 12.1 Å². The van der Waals surface area contributed by atoms with Crippen molar-refractivity contribution < 1.29 is 24.3 Å². The van der Waals surface area contributed by atoms with Crippen LogP contribution < -0.4 is 5.32 Å². The van der Waals surface area contributed by atoms with E-state index in [1.165, 1.54) is 35.2 Å². The number of aromatic carboxylic acids is 1. The summed E-state index contributed by atoms with van der Waals surface area (Å²) in [6.07, 6.45) is 0. The van der Waals surface area contributed by atoms with E-state index in [1.807, 2.05) is 30.3 Å². The van der Waals surface area contributed by atoms with E-state index in [2.05, 4.69) is 5.32 Å². The van der Waals surface area contributed by atoms with Gasteiger partial charge in [0.1, 0.15) is 0 Å². The van der Waals surface area contributed by atoms with Crippen LogP contribution in [0.15, 0.2) is 72.8 Å². The van der Waals surface area contributed by atoms with E-state index in [4.69, 9.17) is 5.11 Å². The van der Waals surface area contributed by atoms with Gasteiger partial charge in [-0.25, -0.2) is 4.79 Å². The molecular weight excluding hydrogens is 396 g/mol. The summed E-state index contributed by atoms with van der Waals surface area (Å²) in [7, 11) is 0. The summed E-state index contributed by atoms with van der Waals surface area (Å²) in [4.78, 5) is 50.0. The van der Waals surface area contributed by atoms with Crippen LogP contribution in [0, 0.1) is 0 Å². The number of benzene rings is 3. The second-order valence-electron chi connectivity index (χ2n) is 7.13. The molecule has 0 radical (unpaired) electrons. The molecule has 31 heavy (non-hydrogen) atoms. The van der Waals surface area contributed by atoms with Crippen molar-refractivity contribution >= 4 is 23.7 Å². The van der Waals surface area contributed by atoms with Crippen LogP contribution in [0.25, 0.3) is 0 Å². The number of carbonyl (C=O) groups is 4. The molecule has 3 aromatic carbocycles. The lowest BCUT2D eigenvalue weighted by Gasteiger charge is -2.13. The highest BCUT2D eigenvalue weighted by Gasteiger charge is 2.35. The molecule has 3 aromatic rings. The Morgan fingerprint density at radius 3 is 2.10 bits per heavy atom. The number of hydrogen-bond donors (Lipinski definition) is 2. The van der Waals surface area contributed by atoms with Gasteiger partial charge in [-0.15, -0.1) is 0 Å². The highest BCUT2D eigenvalue weighted by atomic mass is 16.4. The average Bonchev–Trinajstić information content (AvgIpc) is 3.02. The van der Waals surface area contributed by atoms with Gasteiger partial charge in [0.15, 0.2) is 0 Å². The fraction of sp³-hybridized carbons (Fsp3) is 0.0833. The van der Waals surface area contributed by atoms with Crippen molar-refractivity contribution in [2.45, 2.75) is 13.1 Å². The summed E-state index contributed by atoms with van der Waals surface area (Å²) in [5, 5.41) is 11.7. The Bertz CT molecular complexity index is 1190. The minimum atomic E-state index is -1.02. The van der Waals surface area contributed by atoms with Gasteiger partial charge in [0.2, 0.25) is 0 Å². The van der Waals surface area contributed by atoms with Crippen molar-refractivity contribution in [1.29, 1.82) is 0 Å². The number of hydrogen-bond acceptors (Lipinski definition) is 4. The predicted molar refractivity (Wildman–Crippen MR) is 112 cm³/mol. The molecule has 1 aliphatic rings. The first-order chi connectivity index (χ1) is 14.9. The molecule has 0 saturated carbocycles. The molecule has 1 heterocycles. The second-order valence-corrected chi connectivity index (χ2v) is 7.13. The molecular formula is C24H18N2O5. The Morgan fingerprint density at radius 1 is 0.774 bits per heavy atom. The van der Waals surface area contributed by atoms with Crippen LogP contribution in [0.3, 0.4) is 0 Å². The lowest BCUT2D eigenvalue weighted by molar-refractivity contribution is 0.0639. The zero-order valence-electron chi connectivity index (χ0n) is 16.4. The van der Waals surface area contributed by atoms with Gasteiger partial charge < -0.3 is 10.4 Å². The van der Waals surface area contributed by atoms with Crippen LogP contribution in [0.2, 0.25) is 0 Å². The summed E-state index contributed by atoms with van der Waals surface area (Å²) in [5.41, 5.74) is 2.49. The molecule has 0 spiro atoms. The number of carboxylic acid groups (broad SMARTS) is 1. The van der Waals surface area contributed by atoms with Gasteiger partial charge in [-0.05, 0) is 41.5 Å². The minimum absolute atomic E-state index is 0.164. The first-order valence-electron chi connectivity index (χ1n) is 9.58. The first kappa shape index (κ1) is 20.0. The van der Waals surface area contributed by atoms with Crippen LogP contribution in [-0.2, 0) is 13.1 Å². The molecule has 0 saturated heterocycles. The molecule has 0 fully saturated rings. The predicted octanol–water partition coefficient (Wildman–Crippen LogP) is 3.11. The lowest BCUT2D eigenvalue weighted by atomic mass is 10.1. The molecule has 0 unspecified atom stereocenters. The smallest absolute Gasteiger partial charge is 0.335 e. The van der Waals surface area contributed by atoms with Crippen molar-refractivity contribution in [2.75, 3.05) is 0 Å². The molecule has 154 valence electrons. The van der Waals surface area contributed by atoms with Gasteiger partial charge in [-0.3, -0.25) is 19.3 Å². The fourth-order valence-electron chi connectivity index (χ4n) is 3.39. The zero-order chi connectivity index (χ0) is 22.0. The third-order valence-corrected chi connectivity index (χ3v) is 5.07. The lowest BCUT2D eigenvalue weighted by Crippen LogP contribution is -2.29. The number of carboxylic acids is 1. The molecule has 7 nitrogen and oxygen atoms in total. The number of carbonyl (C=O) groups excluding carboxylic acids is 3. The third kappa shape index (κ3) is 4.06. The largest absolute Gasteiger partial charge is 0.478 e. The van der Waals surface area contributed by atoms with E-state index < -0.39 is 17.8 Å². The van der Waals surface area contributed by atoms with E-state index >= 15 is 0 Å². The highest BCUT2D eigenvalue weighted by Crippen LogP contribution is 2.25. The Kier molecular flexibility index (Phi) is 5.32. The number of nitrogens with one attached hydrogen (secondary N) is 1. The fourth-order valence-corrected chi connectivity index (χ4v) is 3.39. The average molecular weight is 414 g/mol. The first-order valence-corrected chi connectivity index (χ1v) is 9.58. The van der Waals surface area contributed by atoms with Gasteiger partial charge in [0, 0.05) is 12.1 Å². The normalized spacial score (nSPS) is 12.6. The quantitative estimate of drug-likeness (QED) is 0.603. The van der Waals surface area contributed by atoms with E-state index in [9.17, 15) is 19.2 Å². The van der Waals surface area contributed by atoms with Crippen molar-refractivity contribution in [1.82, 2.24) is 10.2 Å². The SMILES string of the molecule is O=C(O)c1ccc(CNC(=O)c2ccc3c(c2)C(=O)N(Cc2ccccc2)C3=O)cc1. The van der Waals surface area contributed by atoms with Crippen LogP contribution in [-0.4, -0.2) is 33.7 Å². The molecule has 0 aliphatic carbocycles. The maximum Gasteiger partial charge on any atom is 0.335 e. The molecule has 0 atom stereocenters. The maximum atomic E-state index is 12.8. The second kappa shape index (κ2) is 8.23. The molecule has 7 heteroatoms. The Labute approximate surface area is 177 Å². The van der Waals surface area contributed by atoms with E-state index in [-0.39, 0.29) is 41.3 Å². The molecule has 0 aromatic heterocycles. The Balaban J connectivity index is 1.46. The molecule has 1 aliphatic heterocycles. The number of rotatable bonds is 6. The number of nitrogens with zero attached hydrogens (tertiary/aromatic N) is 1. The van der Waals surface area contributed by atoms with E-state index in [0.29, 0.717) is 0 Å². The van der Waals surface area contributed by atoms with Gasteiger partial charge >= 0.3 is 5.97 Å². The van der Waals surface area contributed by atoms with Crippen LogP contribution >= 0.6 is 0 Å². The number of amides is 3. The third-order valence-electron chi connectivity index (χ3n) is 5.07. The zero-order valence-corrected chi connectivity index (χ0v) is 16.4. The molecule has 2 N–H and O–H groups in total. The summed E-state index contributed by atoms with van der Waals surface area (Å²) in [6, 6.07) is 19.8. The summed E-state index contributed by atoms with van der Waals surface area (Å²) < 4.78 is 0. The Morgan fingerprint density at radius 2 is 1.42 bits per heavy atom. The summed E-state index contributed by atoms with van der Waals surface area (Å²) in [5.74, 6) is -2.22. The van der Waals surface area contributed by atoms with Crippen LogP contribution in [0.4, 0.5) is 0 Å². The van der Waals surface area contributed by atoms with Crippen molar-refractivity contribution in [3.63, 3.8) is 0 Å². The topological polar surface area (TPSA) is 104 Å². The van der Waals surface area contributed by atoms with Gasteiger partial charge in [-0.2, -0.15) is 0 Å². The number of imide groups is 1. The molecule has 0 bridgehead atoms. The van der Waals surface area contributed by atoms with Crippen LogP contribution in [0.5, 0.6) is 0 Å². The van der Waals surface area contributed by atoms with Gasteiger partial charge in [0.25, 0.3) is 17.7 Å². The van der Waals surface area contributed by atoms with Crippen molar-refractivity contribution in [2.24, 2.45) is 0 Å². The molecule has 3 amide bonds. The van der Waals surface area contributed by atoms with Gasteiger partial charge in [-0.1, -0.05) is 42.5 Å². The Hall–Kier alpha value is -4.26. The van der Waals surface area contributed by atoms with Crippen molar-refractivity contribution in [3.8, 4) is 0 Å². The van der Waals surface area contributed by atoms with E-state index in [0.717, 1.165) is 11.1 Å². The highest BCUT2D eigenvalue weighted by molar-refractivity contribution is 6.22.